The normalized spacial score (nSPS) is 12.6. The number of halogens is 1. The fourth-order valence-corrected chi connectivity index (χ4v) is 2.59. The fraction of sp³-hybridized carbons (Fsp3) is 0.308. The number of carbonyl (C=O) groups excluding carboxylic acids is 1. The van der Waals surface area contributed by atoms with Crippen LogP contribution in [0.1, 0.15) is 23.0 Å². The third kappa shape index (κ3) is 3.05. The summed E-state index contributed by atoms with van der Waals surface area (Å²) in [5.74, 6) is -0.415. The Morgan fingerprint density at radius 2 is 2.28 bits per heavy atom. The van der Waals surface area contributed by atoms with E-state index in [4.69, 9.17) is 5.73 Å². The van der Waals surface area contributed by atoms with Crippen LogP contribution in [0, 0.1) is 5.82 Å². The first kappa shape index (κ1) is 13.0. The van der Waals surface area contributed by atoms with E-state index < -0.39 is 0 Å². The van der Waals surface area contributed by atoms with Crippen molar-refractivity contribution in [3.05, 3.63) is 35.0 Å². The first-order valence-corrected chi connectivity index (χ1v) is 6.61. The number of thiophene rings is 1. The summed E-state index contributed by atoms with van der Waals surface area (Å²) < 4.78 is 13.9. The molecule has 1 unspecified atom stereocenters. The van der Waals surface area contributed by atoms with Crippen molar-refractivity contribution < 1.29 is 9.18 Å². The number of nitrogens with one attached hydrogen (secondary N) is 1. The van der Waals surface area contributed by atoms with E-state index in [1.807, 2.05) is 6.92 Å². The molecule has 5 heteroatoms. The molecule has 0 bridgehead atoms. The molecule has 0 aliphatic rings. The molecule has 3 N–H and O–H groups in total. The zero-order valence-corrected chi connectivity index (χ0v) is 10.9. The van der Waals surface area contributed by atoms with Crippen molar-refractivity contribution in [2.24, 2.45) is 5.73 Å². The third-order valence-electron chi connectivity index (χ3n) is 2.59. The summed E-state index contributed by atoms with van der Waals surface area (Å²) in [6.45, 7) is 2.45. The Labute approximate surface area is 109 Å². The summed E-state index contributed by atoms with van der Waals surface area (Å²) in [5, 5.41) is 3.57. The second-order valence-corrected chi connectivity index (χ2v) is 5.40. The Bertz CT molecular complexity index is 565. The van der Waals surface area contributed by atoms with Gasteiger partial charge in [0.05, 0.1) is 4.88 Å². The maximum atomic E-state index is 13.0. The summed E-state index contributed by atoms with van der Waals surface area (Å²) in [5.41, 5.74) is 5.60. The van der Waals surface area contributed by atoms with Crippen molar-refractivity contribution in [2.75, 3.05) is 6.54 Å². The molecule has 0 fully saturated rings. The number of hydrogen-bond acceptors (Lipinski definition) is 3. The number of hydrogen-bond donors (Lipinski definition) is 2. The molecule has 1 amide bonds. The molecule has 18 heavy (non-hydrogen) atoms. The van der Waals surface area contributed by atoms with Crippen LogP contribution in [0.25, 0.3) is 10.1 Å². The van der Waals surface area contributed by atoms with E-state index in [-0.39, 0.29) is 17.8 Å². The summed E-state index contributed by atoms with van der Waals surface area (Å²) in [4.78, 5) is 12.4. The summed E-state index contributed by atoms with van der Waals surface area (Å²) in [6, 6.07) is 6.31. The van der Waals surface area contributed by atoms with Gasteiger partial charge in [0.2, 0.25) is 0 Å². The highest BCUT2D eigenvalue weighted by Crippen LogP contribution is 2.26. The van der Waals surface area contributed by atoms with Crippen LogP contribution < -0.4 is 11.1 Å². The Balaban J connectivity index is 2.08. The van der Waals surface area contributed by atoms with Crippen LogP contribution in [0.4, 0.5) is 4.39 Å². The molecule has 1 atom stereocenters. The lowest BCUT2D eigenvalue weighted by molar-refractivity contribution is 0.0957. The van der Waals surface area contributed by atoms with Crippen LogP contribution in [0.5, 0.6) is 0 Å². The van der Waals surface area contributed by atoms with Gasteiger partial charge in [-0.25, -0.2) is 4.39 Å². The predicted molar refractivity (Wildman–Crippen MR) is 72.4 cm³/mol. The lowest BCUT2D eigenvalue weighted by atomic mass is 10.2. The van der Waals surface area contributed by atoms with E-state index in [2.05, 4.69) is 5.32 Å². The molecule has 0 spiro atoms. The van der Waals surface area contributed by atoms with Gasteiger partial charge in [0, 0.05) is 17.3 Å². The monoisotopic (exact) mass is 266 g/mol. The Morgan fingerprint density at radius 3 is 3.00 bits per heavy atom. The van der Waals surface area contributed by atoms with Crippen molar-refractivity contribution in [2.45, 2.75) is 19.4 Å². The number of nitrogens with two attached hydrogens (primary N) is 1. The second-order valence-electron chi connectivity index (χ2n) is 4.31. The molecule has 1 heterocycles. The van der Waals surface area contributed by atoms with Crippen LogP contribution in [-0.2, 0) is 0 Å². The van der Waals surface area contributed by atoms with Gasteiger partial charge in [-0.3, -0.25) is 4.79 Å². The van der Waals surface area contributed by atoms with E-state index in [1.165, 1.54) is 23.5 Å². The first-order valence-electron chi connectivity index (χ1n) is 5.79. The maximum absolute atomic E-state index is 13.0. The van der Waals surface area contributed by atoms with E-state index in [1.54, 1.807) is 12.1 Å². The first-order chi connectivity index (χ1) is 8.56. The van der Waals surface area contributed by atoms with E-state index >= 15 is 0 Å². The largest absolute Gasteiger partial charge is 0.351 e. The Kier molecular flexibility index (Phi) is 3.93. The van der Waals surface area contributed by atoms with Crippen LogP contribution >= 0.6 is 11.3 Å². The third-order valence-corrected chi connectivity index (χ3v) is 3.70. The lowest BCUT2D eigenvalue weighted by Crippen LogP contribution is -2.28. The van der Waals surface area contributed by atoms with Crippen molar-refractivity contribution in [1.29, 1.82) is 0 Å². The van der Waals surface area contributed by atoms with Gasteiger partial charge in [0.1, 0.15) is 5.82 Å². The molecule has 1 aromatic heterocycles. The zero-order chi connectivity index (χ0) is 13.1. The quantitative estimate of drug-likeness (QED) is 0.893. The molecule has 0 aliphatic heterocycles. The van der Waals surface area contributed by atoms with Crippen molar-refractivity contribution in [1.82, 2.24) is 5.32 Å². The molecule has 0 saturated carbocycles. The van der Waals surface area contributed by atoms with Gasteiger partial charge in [0.25, 0.3) is 5.91 Å². The van der Waals surface area contributed by atoms with Crippen molar-refractivity contribution in [3.8, 4) is 0 Å². The molecule has 1 aromatic carbocycles. The SMILES string of the molecule is CC(N)CCNC(=O)c1cc2cc(F)ccc2s1. The minimum atomic E-state index is -0.288. The lowest BCUT2D eigenvalue weighted by Gasteiger charge is -2.05. The molecule has 0 aliphatic carbocycles. The highest BCUT2D eigenvalue weighted by Gasteiger charge is 2.10. The molecule has 3 nitrogen and oxygen atoms in total. The second kappa shape index (κ2) is 5.46. The highest BCUT2D eigenvalue weighted by atomic mass is 32.1. The van der Waals surface area contributed by atoms with Gasteiger partial charge in [-0.2, -0.15) is 0 Å². The van der Waals surface area contributed by atoms with Crippen LogP contribution in [-0.4, -0.2) is 18.5 Å². The number of benzene rings is 1. The van der Waals surface area contributed by atoms with E-state index in [9.17, 15) is 9.18 Å². The number of carbonyl (C=O) groups is 1. The molecular formula is C13H15FN2OS. The average molecular weight is 266 g/mol. The molecule has 0 radical (unpaired) electrons. The number of rotatable bonds is 4. The maximum Gasteiger partial charge on any atom is 0.261 e. The van der Waals surface area contributed by atoms with Gasteiger partial charge in [-0.05, 0) is 43.0 Å². The number of fused-ring (bicyclic) bond motifs is 1. The van der Waals surface area contributed by atoms with Crippen LogP contribution in [0.2, 0.25) is 0 Å². The minimum Gasteiger partial charge on any atom is -0.351 e. The van der Waals surface area contributed by atoms with Gasteiger partial charge in [-0.1, -0.05) is 0 Å². The molecule has 0 saturated heterocycles. The minimum absolute atomic E-state index is 0.0711. The Hall–Kier alpha value is -1.46. The van der Waals surface area contributed by atoms with Crippen LogP contribution in [0.15, 0.2) is 24.3 Å². The average Bonchev–Trinajstić information content (AvgIpc) is 2.71. The van der Waals surface area contributed by atoms with Crippen LogP contribution in [0.3, 0.4) is 0 Å². The number of amides is 1. The van der Waals surface area contributed by atoms with Gasteiger partial charge >= 0.3 is 0 Å². The van der Waals surface area contributed by atoms with Crippen molar-refractivity contribution >= 4 is 27.3 Å². The topological polar surface area (TPSA) is 55.1 Å². The predicted octanol–water partition coefficient (Wildman–Crippen LogP) is 2.51. The van der Waals surface area contributed by atoms with E-state index in [0.29, 0.717) is 11.4 Å². The standard InChI is InChI=1S/C13H15FN2OS/c1-8(15)4-5-16-13(17)12-7-9-6-10(14)2-3-11(9)18-12/h2-3,6-8H,4-5,15H2,1H3,(H,16,17). The smallest absolute Gasteiger partial charge is 0.261 e. The fourth-order valence-electron chi connectivity index (χ4n) is 1.63. The molecule has 2 aromatic rings. The molecule has 2 rings (SSSR count). The molecule has 96 valence electrons. The van der Waals surface area contributed by atoms with Gasteiger partial charge in [-0.15, -0.1) is 11.3 Å². The van der Waals surface area contributed by atoms with Crippen molar-refractivity contribution in [3.63, 3.8) is 0 Å². The Morgan fingerprint density at radius 1 is 1.50 bits per heavy atom. The summed E-state index contributed by atoms with van der Waals surface area (Å²) in [7, 11) is 0. The molecular weight excluding hydrogens is 251 g/mol. The van der Waals surface area contributed by atoms with Gasteiger partial charge < -0.3 is 11.1 Å². The van der Waals surface area contributed by atoms with Gasteiger partial charge in [0.15, 0.2) is 0 Å². The van der Waals surface area contributed by atoms with E-state index in [0.717, 1.165) is 16.5 Å². The summed E-state index contributed by atoms with van der Waals surface area (Å²) in [6.07, 6.45) is 0.741. The zero-order valence-electron chi connectivity index (χ0n) is 10.1. The highest BCUT2D eigenvalue weighted by molar-refractivity contribution is 7.20. The summed E-state index contributed by atoms with van der Waals surface area (Å²) >= 11 is 1.36.